The van der Waals surface area contributed by atoms with E-state index in [0.717, 1.165) is 17.1 Å². The van der Waals surface area contributed by atoms with Crippen LogP contribution in [0.2, 0.25) is 0 Å². The quantitative estimate of drug-likeness (QED) is 0.777. The van der Waals surface area contributed by atoms with Crippen LogP contribution in [-0.4, -0.2) is 11.0 Å². The second-order valence-corrected chi connectivity index (χ2v) is 3.70. The maximum absolute atomic E-state index is 8.86. The SMILES string of the molecule is Cc1cc(NC(C)C)nc(C)c1C#N. The fraction of sp³-hybridized carbons (Fsp3) is 0.455. The first kappa shape index (κ1) is 10.5. The molecule has 0 amide bonds. The van der Waals surface area contributed by atoms with Gasteiger partial charge in [0.2, 0.25) is 0 Å². The number of nitrogens with zero attached hydrogens (tertiary/aromatic N) is 2. The maximum Gasteiger partial charge on any atom is 0.126 e. The van der Waals surface area contributed by atoms with Gasteiger partial charge in [-0.05, 0) is 39.3 Å². The van der Waals surface area contributed by atoms with Gasteiger partial charge < -0.3 is 5.32 Å². The average molecular weight is 189 g/mol. The molecule has 0 aliphatic heterocycles. The summed E-state index contributed by atoms with van der Waals surface area (Å²) in [6.45, 7) is 7.91. The predicted molar refractivity (Wildman–Crippen MR) is 57.2 cm³/mol. The molecule has 0 aliphatic rings. The molecule has 0 radical (unpaired) electrons. The van der Waals surface area contributed by atoms with Crippen LogP contribution in [0.15, 0.2) is 6.07 Å². The van der Waals surface area contributed by atoms with Gasteiger partial charge >= 0.3 is 0 Å². The lowest BCUT2D eigenvalue weighted by Crippen LogP contribution is -2.12. The molecule has 3 heteroatoms. The third-order valence-corrected chi connectivity index (χ3v) is 1.95. The Balaban J connectivity index is 3.09. The summed E-state index contributed by atoms with van der Waals surface area (Å²) < 4.78 is 0. The molecule has 1 rings (SSSR count). The van der Waals surface area contributed by atoms with Crippen molar-refractivity contribution >= 4 is 5.82 Å². The van der Waals surface area contributed by atoms with E-state index in [2.05, 4.69) is 30.2 Å². The van der Waals surface area contributed by atoms with Crippen molar-refractivity contribution in [1.29, 1.82) is 5.26 Å². The highest BCUT2D eigenvalue weighted by molar-refractivity contribution is 5.48. The lowest BCUT2D eigenvalue weighted by Gasteiger charge is -2.11. The normalized spacial score (nSPS) is 10.0. The van der Waals surface area contributed by atoms with Crippen LogP contribution in [0.1, 0.15) is 30.7 Å². The Labute approximate surface area is 84.8 Å². The lowest BCUT2D eigenvalue weighted by molar-refractivity contribution is 0.885. The van der Waals surface area contributed by atoms with Gasteiger partial charge in [0.1, 0.15) is 11.9 Å². The van der Waals surface area contributed by atoms with Gasteiger partial charge in [0.15, 0.2) is 0 Å². The largest absolute Gasteiger partial charge is 0.368 e. The summed E-state index contributed by atoms with van der Waals surface area (Å²) in [6, 6.07) is 4.42. The number of nitriles is 1. The Morgan fingerprint density at radius 3 is 2.50 bits per heavy atom. The van der Waals surface area contributed by atoms with E-state index >= 15 is 0 Å². The number of pyridine rings is 1. The number of hydrogen-bond acceptors (Lipinski definition) is 3. The van der Waals surface area contributed by atoms with E-state index in [0.29, 0.717) is 11.6 Å². The van der Waals surface area contributed by atoms with Crippen molar-refractivity contribution in [3.8, 4) is 6.07 Å². The van der Waals surface area contributed by atoms with Crippen LogP contribution in [0.5, 0.6) is 0 Å². The highest BCUT2D eigenvalue weighted by atomic mass is 15.0. The van der Waals surface area contributed by atoms with Crippen LogP contribution in [0.25, 0.3) is 0 Å². The molecule has 74 valence electrons. The molecule has 0 bridgehead atoms. The molecular weight excluding hydrogens is 174 g/mol. The zero-order chi connectivity index (χ0) is 10.7. The number of aromatic nitrogens is 1. The van der Waals surface area contributed by atoms with Gasteiger partial charge in [0.25, 0.3) is 0 Å². The summed E-state index contributed by atoms with van der Waals surface area (Å²) >= 11 is 0. The molecule has 3 nitrogen and oxygen atoms in total. The van der Waals surface area contributed by atoms with Gasteiger partial charge in [-0.2, -0.15) is 5.26 Å². The van der Waals surface area contributed by atoms with Crippen molar-refractivity contribution in [2.24, 2.45) is 0 Å². The van der Waals surface area contributed by atoms with Crippen molar-refractivity contribution in [1.82, 2.24) is 4.98 Å². The first-order valence-corrected chi connectivity index (χ1v) is 4.69. The standard InChI is InChI=1S/C11H15N3/c1-7(2)13-11-5-8(3)10(6-12)9(4)14-11/h5,7H,1-4H3,(H,13,14). The highest BCUT2D eigenvalue weighted by Gasteiger charge is 2.06. The predicted octanol–water partition coefficient (Wildman–Crippen LogP) is 2.39. The topological polar surface area (TPSA) is 48.7 Å². The summed E-state index contributed by atoms with van der Waals surface area (Å²) in [5.41, 5.74) is 2.44. The Morgan fingerprint density at radius 2 is 2.07 bits per heavy atom. The van der Waals surface area contributed by atoms with E-state index in [1.54, 1.807) is 0 Å². The van der Waals surface area contributed by atoms with E-state index in [9.17, 15) is 0 Å². The molecule has 0 aliphatic carbocycles. The summed E-state index contributed by atoms with van der Waals surface area (Å²) in [5.74, 6) is 0.842. The maximum atomic E-state index is 8.86. The van der Waals surface area contributed by atoms with Crippen LogP contribution < -0.4 is 5.32 Å². The van der Waals surface area contributed by atoms with Crippen LogP contribution in [-0.2, 0) is 0 Å². The zero-order valence-electron chi connectivity index (χ0n) is 9.05. The average Bonchev–Trinajstić information content (AvgIpc) is 2.01. The minimum Gasteiger partial charge on any atom is -0.368 e. The van der Waals surface area contributed by atoms with Crippen molar-refractivity contribution in [3.05, 3.63) is 22.9 Å². The number of rotatable bonds is 2. The van der Waals surface area contributed by atoms with E-state index in [1.807, 2.05) is 19.9 Å². The fourth-order valence-electron chi connectivity index (χ4n) is 1.37. The monoisotopic (exact) mass is 189 g/mol. The molecule has 1 heterocycles. The van der Waals surface area contributed by atoms with Crippen molar-refractivity contribution in [2.45, 2.75) is 33.7 Å². The molecule has 1 aromatic rings. The summed E-state index contributed by atoms with van der Waals surface area (Å²) in [5, 5.41) is 12.1. The number of anilines is 1. The van der Waals surface area contributed by atoms with Crippen molar-refractivity contribution < 1.29 is 0 Å². The smallest absolute Gasteiger partial charge is 0.126 e. The van der Waals surface area contributed by atoms with Crippen LogP contribution in [0.3, 0.4) is 0 Å². The molecule has 0 aromatic carbocycles. The molecule has 14 heavy (non-hydrogen) atoms. The van der Waals surface area contributed by atoms with E-state index < -0.39 is 0 Å². The van der Waals surface area contributed by atoms with Gasteiger partial charge in [-0.1, -0.05) is 0 Å². The summed E-state index contributed by atoms with van der Waals surface area (Å²) in [7, 11) is 0. The molecule has 0 spiro atoms. The molecule has 0 unspecified atom stereocenters. The molecule has 1 aromatic heterocycles. The Kier molecular flexibility index (Phi) is 3.08. The molecule has 0 saturated carbocycles. The van der Waals surface area contributed by atoms with Crippen molar-refractivity contribution in [3.63, 3.8) is 0 Å². The third-order valence-electron chi connectivity index (χ3n) is 1.95. The highest BCUT2D eigenvalue weighted by Crippen LogP contribution is 2.15. The van der Waals surface area contributed by atoms with Gasteiger partial charge in [-0.25, -0.2) is 4.98 Å². The molecule has 1 N–H and O–H groups in total. The van der Waals surface area contributed by atoms with Crippen LogP contribution in [0.4, 0.5) is 5.82 Å². The minimum atomic E-state index is 0.356. The second-order valence-electron chi connectivity index (χ2n) is 3.70. The first-order valence-electron chi connectivity index (χ1n) is 4.69. The van der Waals surface area contributed by atoms with Gasteiger partial charge in [-0.15, -0.1) is 0 Å². The van der Waals surface area contributed by atoms with E-state index in [1.165, 1.54) is 0 Å². The molecule has 0 fully saturated rings. The minimum absolute atomic E-state index is 0.356. The number of nitrogens with one attached hydrogen (secondary N) is 1. The molecule has 0 atom stereocenters. The zero-order valence-corrected chi connectivity index (χ0v) is 9.05. The van der Waals surface area contributed by atoms with Gasteiger partial charge in [-0.3, -0.25) is 0 Å². The van der Waals surface area contributed by atoms with Crippen LogP contribution in [0, 0.1) is 25.2 Å². The van der Waals surface area contributed by atoms with E-state index in [-0.39, 0.29) is 0 Å². The molecular formula is C11H15N3. The third kappa shape index (κ3) is 2.23. The van der Waals surface area contributed by atoms with Crippen molar-refractivity contribution in [2.75, 3.05) is 5.32 Å². The first-order chi connectivity index (χ1) is 6.54. The lowest BCUT2D eigenvalue weighted by atomic mass is 10.1. The van der Waals surface area contributed by atoms with E-state index in [4.69, 9.17) is 5.26 Å². The number of hydrogen-bond donors (Lipinski definition) is 1. The fourth-order valence-corrected chi connectivity index (χ4v) is 1.37. The molecule has 0 saturated heterocycles. The summed E-state index contributed by atoms with van der Waals surface area (Å²) in [4.78, 5) is 4.31. The Bertz CT molecular complexity index is 352. The Morgan fingerprint density at radius 1 is 1.43 bits per heavy atom. The van der Waals surface area contributed by atoms with Crippen LogP contribution >= 0.6 is 0 Å². The number of aryl methyl sites for hydroxylation is 2. The second kappa shape index (κ2) is 4.10. The van der Waals surface area contributed by atoms with Gasteiger partial charge in [0, 0.05) is 6.04 Å². The summed E-state index contributed by atoms with van der Waals surface area (Å²) in [6.07, 6.45) is 0. The van der Waals surface area contributed by atoms with Gasteiger partial charge in [0.05, 0.1) is 11.3 Å². The Hall–Kier alpha value is -1.56.